The first-order valence-corrected chi connectivity index (χ1v) is 11.7. The summed E-state index contributed by atoms with van der Waals surface area (Å²) in [4.78, 5) is 22.9. The van der Waals surface area contributed by atoms with Crippen molar-refractivity contribution in [2.24, 2.45) is 21.6 Å². The van der Waals surface area contributed by atoms with Gasteiger partial charge >= 0.3 is 6.03 Å². The van der Waals surface area contributed by atoms with E-state index < -0.39 is 0 Å². The van der Waals surface area contributed by atoms with Crippen LogP contribution in [0.15, 0.2) is 40.3 Å². The maximum Gasteiger partial charge on any atom is 0.345 e. The Morgan fingerprint density at radius 1 is 1.28 bits per heavy atom. The summed E-state index contributed by atoms with van der Waals surface area (Å²) in [6, 6.07) is 8.01. The van der Waals surface area contributed by atoms with E-state index in [9.17, 15) is 9.90 Å². The molecule has 1 atom stereocenters. The predicted molar refractivity (Wildman–Crippen MR) is 128 cm³/mol. The van der Waals surface area contributed by atoms with E-state index >= 15 is 0 Å². The number of hydrogen-bond donors (Lipinski definition) is 3. The van der Waals surface area contributed by atoms with Gasteiger partial charge in [-0.15, -0.1) is 0 Å². The number of urea groups is 1. The molecule has 2 fully saturated rings. The number of nitrogens with one attached hydrogen (secondary N) is 1. The first-order valence-electron chi connectivity index (χ1n) is 11.7. The molecule has 7 heteroatoms. The van der Waals surface area contributed by atoms with Crippen LogP contribution in [-0.2, 0) is 5.41 Å². The lowest BCUT2D eigenvalue weighted by atomic mass is 9.63. The monoisotopic (exact) mass is 435 g/mol. The van der Waals surface area contributed by atoms with Crippen LogP contribution < -0.4 is 5.73 Å². The molecule has 170 valence electrons. The maximum absolute atomic E-state index is 12.6. The number of aliphatic hydroxyl groups is 1. The highest BCUT2D eigenvalue weighted by Crippen LogP contribution is 2.44. The lowest BCUT2D eigenvalue weighted by Crippen LogP contribution is -2.48. The molecule has 0 aromatic heterocycles. The molecule has 0 bridgehead atoms. The summed E-state index contributed by atoms with van der Waals surface area (Å²) in [6.07, 6.45) is 9.36. The molecule has 32 heavy (non-hydrogen) atoms. The Morgan fingerprint density at radius 3 is 2.56 bits per heavy atom. The van der Waals surface area contributed by atoms with Crippen molar-refractivity contribution in [1.29, 1.82) is 5.41 Å². The molecule has 3 aliphatic rings. The number of carbonyl (C=O) groups is 1. The van der Waals surface area contributed by atoms with E-state index in [1.165, 1.54) is 0 Å². The number of hydrogen-bond acceptors (Lipinski definition) is 3. The Morgan fingerprint density at radius 2 is 1.97 bits per heavy atom. The van der Waals surface area contributed by atoms with Crippen molar-refractivity contribution in [2.45, 2.75) is 63.4 Å². The fourth-order valence-electron chi connectivity index (χ4n) is 4.77. The van der Waals surface area contributed by atoms with Crippen LogP contribution in [0.4, 0.5) is 4.79 Å². The van der Waals surface area contributed by atoms with Crippen molar-refractivity contribution in [3.63, 3.8) is 0 Å². The van der Waals surface area contributed by atoms with Gasteiger partial charge in [-0.1, -0.05) is 43.7 Å². The highest BCUT2D eigenvalue weighted by Gasteiger charge is 2.43. The van der Waals surface area contributed by atoms with E-state index in [-0.39, 0.29) is 23.5 Å². The number of benzene rings is 1. The van der Waals surface area contributed by atoms with Gasteiger partial charge in [0, 0.05) is 25.2 Å². The molecular formula is C25H33N5O2. The van der Waals surface area contributed by atoms with Crippen molar-refractivity contribution >= 4 is 29.5 Å². The standard InChI is InChI=1S/C25H33N5O2/c1-2-17-4-5-19(16-28-22(17)26)18-6-8-20(9-7-18)25(12-3-13-25)23(27)29-24(32)30-14-10-21(31)11-15-30/h5-9,16-17,21,26,31H,2-4,10-15H2,1H3,(H2,27,29,32). The molecule has 1 aromatic carbocycles. The number of nitrogens with zero attached hydrogens (tertiary/aromatic N) is 3. The van der Waals surface area contributed by atoms with Gasteiger partial charge in [0.25, 0.3) is 0 Å². The highest BCUT2D eigenvalue weighted by atomic mass is 16.3. The number of aliphatic imine (C=N–C) groups is 2. The maximum atomic E-state index is 12.6. The summed E-state index contributed by atoms with van der Waals surface area (Å²) < 4.78 is 0. The topological polar surface area (TPSA) is 115 Å². The van der Waals surface area contributed by atoms with Gasteiger partial charge in [0.15, 0.2) is 0 Å². The third-order valence-electron chi connectivity index (χ3n) is 7.26. The molecule has 1 aromatic rings. The van der Waals surface area contributed by atoms with Gasteiger partial charge < -0.3 is 15.7 Å². The van der Waals surface area contributed by atoms with Crippen molar-refractivity contribution in [3.8, 4) is 0 Å². The number of piperidine rings is 1. The molecule has 1 aliphatic carbocycles. The van der Waals surface area contributed by atoms with Gasteiger partial charge in [-0.2, -0.15) is 4.99 Å². The number of aliphatic hydroxyl groups excluding tert-OH is 1. The number of nitrogens with two attached hydrogens (primary N) is 1. The fourth-order valence-corrected chi connectivity index (χ4v) is 4.77. The number of allylic oxidation sites excluding steroid dienone is 2. The van der Waals surface area contributed by atoms with E-state index in [0.717, 1.165) is 48.8 Å². The van der Waals surface area contributed by atoms with Crippen molar-refractivity contribution in [1.82, 2.24) is 4.90 Å². The summed E-state index contributed by atoms with van der Waals surface area (Å²) >= 11 is 0. The van der Waals surface area contributed by atoms with Crippen LogP contribution in [0.5, 0.6) is 0 Å². The van der Waals surface area contributed by atoms with Crippen LogP contribution in [-0.4, -0.2) is 53.1 Å². The molecule has 4 N–H and O–H groups in total. The second-order valence-corrected chi connectivity index (χ2v) is 9.15. The van der Waals surface area contributed by atoms with E-state index in [1.807, 2.05) is 0 Å². The SMILES string of the molecule is CCC1CC=C(c2ccc(C3(C(N)=NC(=O)N4CCC(O)CC4)CCC3)cc2)C=NC1=N. The third kappa shape index (κ3) is 4.39. The van der Waals surface area contributed by atoms with Crippen molar-refractivity contribution in [2.75, 3.05) is 13.1 Å². The van der Waals surface area contributed by atoms with Crippen LogP contribution >= 0.6 is 0 Å². The van der Waals surface area contributed by atoms with Crippen LogP contribution in [0.3, 0.4) is 0 Å². The molecular weight excluding hydrogens is 402 g/mol. The number of carbonyl (C=O) groups excluding carboxylic acids is 1. The molecule has 1 saturated carbocycles. The summed E-state index contributed by atoms with van der Waals surface area (Å²) in [5, 5.41) is 17.7. The summed E-state index contributed by atoms with van der Waals surface area (Å²) in [5.41, 5.74) is 9.22. The Kier molecular flexibility index (Phi) is 6.55. The molecule has 0 radical (unpaired) electrons. The van der Waals surface area contributed by atoms with Crippen molar-refractivity contribution in [3.05, 3.63) is 41.5 Å². The minimum Gasteiger partial charge on any atom is -0.393 e. The molecule has 1 saturated heterocycles. The molecule has 7 nitrogen and oxygen atoms in total. The van der Waals surface area contributed by atoms with Crippen LogP contribution in [0.2, 0.25) is 0 Å². The molecule has 0 spiro atoms. The smallest absolute Gasteiger partial charge is 0.345 e. The van der Waals surface area contributed by atoms with Gasteiger partial charge in [-0.25, -0.2) is 9.79 Å². The number of amides is 2. The summed E-state index contributed by atoms with van der Waals surface area (Å²) in [6.45, 7) is 3.13. The molecule has 2 heterocycles. The van der Waals surface area contributed by atoms with Crippen molar-refractivity contribution < 1.29 is 9.90 Å². The largest absolute Gasteiger partial charge is 0.393 e. The molecule has 1 unspecified atom stereocenters. The van der Waals surface area contributed by atoms with E-state index in [0.29, 0.717) is 37.6 Å². The van der Waals surface area contributed by atoms with E-state index in [1.54, 1.807) is 11.1 Å². The normalized spacial score (nSPS) is 24.0. The number of amidine groups is 2. The van der Waals surface area contributed by atoms with E-state index in [2.05, 4.69) is 47.3 Å². The minimum atomic E-state index is -0.384. The summed E-state index contributed by atoms with van der Waals surface area (Å²) in [5.74, 6) is 1.01. The zero-order valence-electron chi connectivity index (χ0n) is 18.8. The minimum absolute atomic E-state index is 0.179. The number of likely N-dealkylation sites (tertiary alicyclic amines) is 1. The lowest BCUT2D eigenvalue weighted by molar-refractivity contribution is 0.0962. The van der Waals surface area contributed by atoms with E-state index in [4.69, 9.17) is 11.1 Å². The van der Waals surface area contributed by atoms with Gasteiger partial charge in [0.05, 0.1) is 11.5 Å². The van der Waals surface area contributed by atoms with Gasteiger partial charge in [0.2, 0.25) is 0 Å². The number of rotatable bonds is 4. The molecule has 2 amide bonds. The van der Waals surface area contributed by atoms with Gasteiger partial charge in [-0.3, -0.25) is 5.41 Å². The zero-order chi connectivity index (χ0) is 22.7. The quantitative estimate of drug-likeness (QED) is 0.492. The average molecular weight is 436 g/mol. The third-order valence-corrected chi connectivity index (χ3v) is 7.26. The Bertz CT molecular complexity index is 951. The first-order chi connectivity index (χ1) is 15.4. The fraction of sp³-hybridized carbons (Fsp3) is 0.520. The Labute approximate surface area is 189 Å². The van der Waals surface area contributed by atoms with Gasteiger partial charge in [-0.05, 0) is 55.2 Å². The van der Waals surface area contributed by atoms with Crippen LogP contribution in [0.1, 0.15) is 63.0 Å². The lowest BCUT2D eigenvalue weighted by Gasteiger charge is -2.42. The Balaban J connectivity index is 1.52. The highest BCUT2D eigenvalue weighted by molar-refractivity contribution is 6.14. The van der Waals surface area contributed by atoms with Crippen LogP contribution in [0.25, 0.3) is 5.57 Å². The molecule has 2 aliphatic heterocycles. The zero-order valence-corrected chi connectivity index (χ0v) is 18.8. The van der Waals surface area contributed by atoms with Gasteiger partial charge in [0.1, 0.15) is 11.7 Å². The second-order valence-electron chi connectivity index (χ2n) is 9.15. The Hall–Kier alpha value is -2.80. The average Bonchev–Trinajstić information content (AvgIpc) is 2.95. The summed E-state index contributed by atoms with van der Waals surface area (Å²) in [7, 11) is 0. The second kappa shape index (κ2) is 9.36. The predicted octanol–water partition coefficient (Wildman–Crippen LogP) is 3.90. The first kappa shape index (κ1) is 22.4. The van der Waals surface area contributed by atoms with Crippen LogP contribution in [0, 0.1) is 11.3 Å². The molecule has 4 rings (SSSR count).